The smallest absolute Gasteiger partial charge is 0.302 e. The van der Waals surface area contributed by atoms with E-state index >= 15 is 0 Å². The molecular weight excluding hydrogens is 312 g/mol. The predicted octanol–water partition coefficient (Wildman–Crippen LogP) is 5.13. The van der Waals surface area contributed by atoms with E-state index in [0.717, 1.165) is 5.57 Å². The molecule has 0 aliphatic heterocycles. The lowest BCUT2D eigenvalue weighted by Gasteiger charge is -2.33. The van der Waals surface area contributed by atoms with E-state index in [0.29, 0.717) is 0 Å². The molecular formula is C22H34O3. The summed E-state index contributed by atoms with van der Waals surface area (Å²) in [6, 6.07) is 0. The fourth-order valence-corrected chi connectivity index (χ4v) is 3.16. The molecule has 25 heavy (non-hydrogen) atoms. The van der Waals surface area contributed by atoms with Gasteiger partial charge in [-0.05, 0) is 50.2 Å². The number of carbonyl (C=O) groups excluding carboxylic acids is 1. The Morgan fingerprint density at radius 1 is 1.32 bits per heavy atom. The molecule has 140 valence electrons. The highest BCUT2D eigenvalue weighted by atomic mass is 16.5. The van der Waals surface area contributed by atoms with Gasteiger partial charge in [0.25, 0.3) is 0 Å². The van der Waals surface area contributed by atoms with Crippen molar-refractivity contribution < 1.29 is 14.6 Å². The maximum absolute atomic E-state index is 10.7. The molecule has 0 amide bonds. The van der Waals surface area contributed by atoms with Gasteiger partial charge in [0.15, 0.2) is 0 Å². The van der Waals surface area contributed by atoms with Crippen molar-refractivity contribution in [2.45, 2.75) is 66.9 Å². The van der Waals surface area contributed by atoms with Gasteiger partial charge >= 0.3 is 5.97 Å². The minimum atomic E-state index is -0.541. The Morgan fingerprint density at radius 2 is 2.00 bits per heavy atom. The normalized spacial score (nSPS) is 21.0. The number of ether oxygens (including phenoxy) is 1. The van der Waals surface area contributed by atoms with Gasteiger partial charge in [0, 0.05) is 12.8 Å². The van der Waals surface area contributed by atoms with Crippen LogP contribution in [0.1, 0.15) is 60.8 Å². The molecule has 0 aromatic carbocycles. The first-order chi connectivity index (χ1) is 11.6. The third kappa shape index (κ3) is 7.43. The van der Waals surface area contributed by atoms with Crippen LogP contribution >= 0.6 is 0 Å². The fourth-order valence-electron chi connectivity index (χ4n) is 3.16. The molecule has 0 fully saturated rings. The highest BCUT2D eigenvalue weighted by Crippen LogP contribution is 2.40. The second kappa shape index (κ2) is 9.76. The van der Waals surface area contributed by atoms with Gasteiger partial charge in [-0.15, -0.1) is 0 Å². The van der Waals surface area contributed by atoms with Crippen LogP contribution in [0.25, 0.3) is 0 Å². The average molecular weight is 347 g/mol. The first kappa shape index (κ1) is 21.4. The van der Waals surface area contributed by atoms with Gasteiger partial charge in [0.1, 0.15) is 6.61 Å². The summed E-state index contributed by atoms with van der Waals surface area (Å²) in [6.45, 7) is 12.4. The molecule has 1 aliphatic carbocycles. The van der Waals surface area contributed by atoms with Crippen LogP contribution in [0.15, 0.2) is 47.1 Å². The van der Waals surface area contributed by atoms with E-state index < -0.39 is 6.10 Å². The minimum Gasteiger partial charge on any atom is -0.462 e. The summed E-state index contributed by atoms with van der Waals surface area (Å²) in [5, 5.41) is 10.3. The molecule has 0 aromatic heterocycles. The first-order valence-electron chi connectivity index (χ1n) is 9.18. The molecule has 2 atom stereocenters. The zero-order valence-corrected chi connectivity index (χ0v) is 16.6. The van der Waals surface area contributed by atoms with Crippen LogP contribution in [0.2, 0.25) is 0 Å². The molecule has 1 aliphatic rings. The number of esters is 1. The largest absolute Gasteiger partial charge is 0.462 e. The van der Waals surface area contributed by atoms with E-state index in [2.05, 4.69) is 32.9 Å². The second-order valence-corrected chi connectivity index (χ2v) is 7.75. The Kier molecular flexibility index (Phi) is 8.37. The van der Waals surface area contributed by atoms with E-state index in [9.17, 15) is 9.90 Å². The molecule has 3 heteroatoms. The van der Waals surface area contributed by atoms with Crippen molar-refractivity contribution in [2.75, 3.05) is 6.61 Å². The number of carbonyl (C=O) groups is 1. The van der Waals surface area contributed by atoms with Crippen molar-refractivity contribution in [2.24, 2.45) is 11.3 Å². The zero-order chi connectivity index (χ0) is 19.0. The van der Waals surface area contributed by atoms with Gasteiger partial charge in [-0.3, -0.25) is 4.79 Å². The van der Waals surface area contributed by atoms with Gasteiger partial charge in [-0.1, -0.05) is 56.2 Å². The molecule has 1 rings (SSSR count). The fraction of sp³-hybridized carbons (Fsp3) is 0.591. The van der Waals surface area contributed by atoms with Crippen molar-refractivity contribution in [1.29, 1.82) is 0 Å². The molecule has 0 aromatic rings. The topological polar surface area (TPSA) is 46.5 Å². The molecule has 0 radical (unpaired) electrons. The van der Waals surface area contributed by atoms with Crippen LogP contribution in [-0.2, 0) is 9.53 Å². The first-order valence-corrected chi connectivity index (χ1v) is 9.18. The van der Waals surface area contributed by atoms with Crippen LogP contribution in [0.4, 0.5) is 0 Å². The summed E-state index contributed by atoms with van der Waals surface area (Å²) in [4.78, 5) is 10.7. The van der Waals surface area contributed by atoms with Crippen molar-refractivity contribution >= 4 is 5.97 Å². The molecule has 0 heterocycles. The van der Waals surface area contributed by atoms with Crippen LogP contribution in [-0.4, -0.2) is 23.8 Å². The number of hydrogen-bond donors (Lipinski definition) is 1. The zero-order valence-electron chi connectivity index (χ0n) is 16.6. The molecule has 0 bridgehead atoms. The van der Waals surface area contributed by atoms with Gasteiger partial charge in [0.2, 0.25) is 0 Å². The lowest BCUT2D eigenvalue weighted by molar-refractivity contribution is -0.139. The summed E-state index contributed by atoms with van der Waals surface area (Å²) >= 11 is 0. The maximum Gasteiger partial charge on any atom is 0.302 e. The molecule has 0 saturated carbocycles. The van der Waals surface area contributed by atoms with E-state index in [-0.39, 0.29) is 23.9 Å². The summed E-state index contributed by atoms with van der Waals surface area (Å²) in [7, 11) is 0. The summed E-state index contributed by atoms with van der Waals surface area (Å²) in [5.74, 6) is -0.252. The minimum absolute atomic E-state index is 0.0375. The van der Waals surface area contributed by atoms with Crippen LogP contribution < -0.4 is 0 Å². The summed E-state index contributed by atoms with van der Waals surface area (Å²) < 4.78 is 4.87. The number of rotatable bonds is 7. The number of hydrogen-bond acceptors (Lipinski definition) is 3. The predicted molar refractivity (Wildman–Crippen MR) is 104 cm³/mol. The Balaban J connectivity index is 2.65. The standard InChI is InChI=1S/C22H34O3/c1-16(13-15-25-19(4)23)9-12-21(24)18(3)10-11-20-17(2)8-7-14-22(20,5)6/h9-13,18,21,24H,7-8,14-15H2,1-6H3/b11-10+,12-9+,16-13-/t18-,21+/m1/s1. The lowest BCUT2D eigenvalue weighted by atomic mass is 9.72. The van der Waals surface area contributed by atoms with Gasteiger partial charge in [0.05, 0.1) is 6.10 Å². The van der Waals surface area contributed by atoms with Gasteiger partial charge in [-0.2, -0.15) is 0 Å². The highest BCUT2D eigenvalue weighted by Gasteiger charge is 2.26. The van der Waals surface area contributed by atoms with Crippen molar-refractivity contribution in [3.05, 3.63) is 47.1 Å². The molecule has 3 nitrogen and oxygen atoms in total. The van der Waals surface area contributed by atoms with Crippen molar-refractivity contribution in [1.82, 2.24) is 0 Å². The highest BCUT2D eigenvalue weighted by molar-refractivity contribution is 5.66. The Hall–Kier alpha value is -1.61. The molecule has 0 spiro atoms. The van der Waals surface area contributed by atoms with Crippen molar-refractivity contribution in [3.8, 4) is 0 Å². The Morgan fingerprint density at radius 3 is 2.60 bits per heavy atom. The van der Waals surface area contributed by atoms with Crippen LogP contribution in [0.3, 0.4) is 0 Å². The monoisotopic (exact) mass is 346 g/mol. The Labute approximate surface area is 153 Å². The number of aliphatic hydroxyl groups is 1. The van der Waals surface area contributed by atoms with E-state index in [1.807, 2.05) is 26.0 Å². The van der Waals surface area contributed by atoms with E-state index in [1.165, 1.54) is 37.3 Å². The Bertz CT molecular complexity index is 576. The summed E-state index contributed by atoms with van der Waals surface area (Å²) in [5.41, 5.74) is 4.06. The van der Waals surface area contributed by atoms with Crippen LogP contribution in [0.5, 0.6) is 0 Å². The average Bonchev–Trinajstić information content (AvgIpc) is 2.50. The third-order valence-corrected chi connectivity index (χ3v) is 4.90. The van der Waals surface area contributed by atoms with Gasteiger partial charge in [-0.25, -0.2) is 0 Å². The summed E-state index contributed by atoms with van der Waals surface area (Å²) in [6.07, 6.45) is 12.9. The molecule has 1 N–H and O–H groups in total. The number of aliphatic hydroxyl groups excluding tert-OH is 1. The second-order valence-electron chi connectivity index (χ2n) is 7.75. The quantitative estimate of drug-likeness (QED) is 0.513. The van der Waals surface area contributed by atoms with Crippen LogP contribution in [0, 0.1) is 11.3 Å². The third-order valence-electron chi connectivity index (χ3n) is 4.90. The van der Waals surface area contributed by atoms with E-state index in [1.54, 1.807) is 6.08 Å². The van der Waals surface area contributed by atoms with E-state index in [4.69, 9.17) is 4.74 Å². The maximum atomic E-state index is 10.7. The molecule has 0 saturated heterocycles. The molecule has 0 unspecified atom stereocenters. The number of allylic oxidation sites excluding steroid dienone is 5. The lowest BCUT2D eigenvalue weighted by Crippen LogP contribution is -2.19. The SMILES string of the molecule is CC(=O)OC/C=C(C)\C=C\[C@H](O)[C@H](C)/C=C/C1=C(C)CCCC1(C)C. The van der Waals surface area contributed by atoms with Gasteiger partial charge < -0.3 is 9.84 Å². The van der Waals surface area contributed by atoms with Crippen molar-refractivity contribution in [3.63, 3.8) is 0 Å².